The maximum Gasteiger partial charge on any atom is 0.332 e. The monoisotopic (exact) mass is 233 g/mol. The standard InChI is InChI=1S/C14H19NO2/c1-3-4-10-17-14(16)8-9-15-13-7-5-6-12(2)11-13/h5-9,11,15H,3-4,10H2,1-2H3/b9-8+. The van der Waals surface area contributed by atoms with Crippen LogP contribution in [0.4, 0.5) is 5.69 Å². The van der Waals surface area contributed by atoms with E-state index in [0.29, 0.717) is 6.61 Å². The molecule has 0 unspecified atom stereocenters. The Labute approximate surface area is 102 Å². The fourth-order valence-electron chi connectivity index (χ4n) is 1.31. The Balaban J connectivity index is 2.32. The second kappa shape index (κ2) is 7.49. The number of nitrogens with one attached hydrogen (secondary N) is 1. The highest BCUT2D eigenvalue weighted by molar-refractivity contribution is 5.82. The molecule has 0 atom stereocenters. The lowest BCUT2D eigenvalue weighted by molar-refractivity contribution is -0.137. The summed E-state index contributed by atoms with van der Waals surface area (Å²) in [5, 5.41) is 3.03. The number of anilines is 1. The molecular weight excluding hydrogens is 214 g/mol. The zero-order valence-electron chi connectivity index (χ0n) is 10.4. The van der Waals surface area contributed by atoms with Crippen LogP contribution in [0.3, 0.4) is 0 Å². The first-order valence-electron chi connectivity index (χ1n) is 5.89. The van der Waals surface area contributed by atoms with Crippen molar-refractivity contribution in [3.05, 3.63) is 42.1 Å². The van der Waals surface area contributed by atoms with Gasteiger partial charge in [-0.1, -0.05) is 25.5 Å². The SMILES string of the molecule is CCCCOC(=O)/C=C/Nc1cccc(C)c1. The minimum Gasteiger partial charge on any atom is -0.462 e. The number of aryl methyl sites for hydroxylation is 1. The van der Waals surface area contributed by atoms with Gasteiger partial charge in [-0.15, -0.1) is 0 Å². The van der Waals surface area contributed by atoms with Crippen molar-refractivity contribution in [3.8, 4) is 0 Å². The van der Waals surface area contributed by atoms with Crippen molar-refractivity contribution in [3.63, 3.8) is 0 Å². The average Bonchev–Trinajstić information content (AvgIpc) is 2.29. The van der Waals surface area contributed by atoms with Crippen molar-refractivity contribution >= 4 is 11.7 Å². The van der Waals surface area contributed by atoms with Gasteiger partial charge in [-0.3, -0.25) is 0 Å². The van der Waals surface area contributed by atoms with Crippen LogP contribution in [0.25, 0.3) is 0 Å². The highest BCUT2D eigenvalue weighted by Gasteiger charge is 1.95. The van der Waals surface area contributed by atoms with Crippen LogP contribution in [-0.4, -0.2) is 12.6 Å². The second-order valence-electron chi connectivity index (χ2n) is 3.87. The maximum absolute atomic E-state index is 11.2. The molecule has 0 heterocycles. The third-order valence-corrected chi connectivity index (χ3v) is 2.23. The van der Waals surface area contributed by atoms with Gasteiger partial charge in [-0.2, -0.15) is 0 Å². The van der Waals surface area contributed by atoms with Gasteiger partial charge in [0.05, 0.1) is 6.61 Å². The summed E-state index contributed by atoms with van der Waals surface area (Å²) in [6.45, 7) is 4.57. The fourth-order valence-corrected chi connectivity index (χ4v) is 1.31. The van der Waals surface area contributed by atoms with Crippen LogP contribution in [0.1, 0.15) is 25.3 Å². The molecular formula is C14H19NO2. The van der Waals surface area contributed by atoms with Crippen LogP contribution < -0.4 is 5.32 Å². The van der Waals surface area contributed by atoms with Crippen LogP contribution in [0.15, 0.2) is 36.5 Å². The molecule has 1 rings (SSSR count). The summed E-state index contributed by atoms with van der Waals surface area (Å²) in [5.41, 5.74) is 2.14. The molecule has 3 nitrogen and oxygen atoms in total. The van der Waals surface area contributed by atoms with E-state index in [4.69, 9.17) is 4.74 Å². The van der Waals surface area contributed by atoms with Gasteiger partial charge in [0.1, 0.15) is 0 Å². The van der Waals surface area contributed by atoms with Crippen LogP contribution in [-0.2, 0) is 9.53 Å². The summed E-state index contributed by atoms with van der Waals surface area (Å²) < 4.78 is 4.98. The molecule has 3 heteroatoms. The number of benzene rings is 1. The Hall–Kier alpha value is -1.77. The smallest absolute Gasteiger partial charge is 0.332 e. The molecule has 0 aromatic heterocycles. The average molecular weight is 233 g/mol. The summed E-state index contributed by atoms with van der Waals surface area (Å²) >= 11 is 0. The minimum absolute atomic E-state index is 0.307. The number of rotatable bonds is 6. The van der Waals surface area contributed by atoms with Crippen LogP contribution >= 0.6 is 0 Å². The predicted octanol–water partition coefficient (Wildman–Crippen LogP) is 3.26. The van der Waals surface area contributed by atoms with E-state index in [1.165, 1.54) is 11.6 Å². The second-order valence-corrected chi connectivity index (χ2v) is 3.87. The number of carbonyl (C=O) groups excluding carboxylic acids is 1. The molecule has 0 amide bonds. The molecule has 0 fully saturated rings. The van der Waals surface area contributed by atoms with E-state index < -0.39 is 0 Å². The summed E-state index contributed by atoms with van der Waals surface area (Å²) in [5.74, 6) is -0.307. The summed E-state index contributed by atoms with van der Waals surface area (Å²) in [6.07, 6.45) is 4.93. The molecule has 92 valence electrons. The molecule has 0 bridgehead atoms. The molecule has 0 radical (unpaired) electrons. The first-order valence-corrected chi connectivity index (χ1v) is 5.89. The lowest BCUT2D eigenvalue weighted by atomic mass is 10.2. The van der Waals surface area contributed by atoms with E-state index in [0.717, 1.165) is 18.5 Å². The highest BCUT2D eigenvalue weighted by atomic mass is 16.5. The van der Waals surface area contributed by atoms with Gasteiger partial charge in [0.15, 0.2) is 0 Å². The number of hydrogen-bond donors (Lipinski definition) is 1. The third-order valence-electron chi connectivity index (χ3n) is 2.23. The van der Waals surface area contributed by atoms with E-state index in [1.807, 2.05) is 31.2 Å². The topological polar surface area (TPSA) is 38.3 Å². The zero-order valence-corrected chi connectivity index (χ0v) is 10.4. The van der Waals surface area contributed by atoms with Gasteiger partial charge in [0, 0.05) is 18.0 Å². The number of unbranched alkanes of at least 4 members (excludes halogenated alkanes) is 1. The van der Waals surface area contributed by atoms with Crippen molar-refractivity contribution in [2.75, 3.05) is 11.9 Å². The molecule has 0 saturated heterocycles. The highest BCUT2D eigenvalue weighted by Crippen LogP contribution is 2.08. The molecule has 0 aliphatic carbocycles. The van der Waals surface area contributed by atoms with Crippen molar-refractivity contribution in [2.45, 2.75) is 26.7 Å². The molecule has 1 aromatic carbocycles. The molecule has 0 aliphatic heterocycles. The molecule has 0 spiro atoms. The lowest BCUT2D eigenvalue weighted by Crippen LogP contribution is -2.02. The first kappa shape index (κ1) is 13.3. The summed E-state index contributed by atoms with van der Waals surface area (Å²) in [4.78, 5) is 11.2. The first-order chi connectivity index (χ1) is 8.22. The third kappa shape index (κ3) is 5.76. The molecule has 0 saturated carbocycles. The van der Waals surface area contributed by atoms with Gasteiger partial charge in [0.2, 0.25) is 0 Å². The van der Waals surface area contributed by atoms with E-state index in [2.05, 4.69) is 12.2 Å². The van der Waals surface area contributed by atoms with Crippen molar-refractivity contribution in [1.82, 2.24) is 0 Å². The van der Waals surface area contributed by atoms with Gasteiger partial charge in [-0.25, -0.2) is 4.79 Å². The number of ether oxygens (including phenoxy) is 1. The Morgan fingerprint density at radius 3 is 3.00 bits per heavy atom. The Kier molecular flexibility index (Phi) is 5.86. The molecule has 1 aromatic rings. The van der Waals surface area contributed by atoms with Crippen molar-refractivity contribution < 1.29 is 9.53 Å². The molecule has 1 N–H and O–H groups in total. The number of hydrogen-bond acceptors (Lipinski definition) is 3. The van der Waals surface area contributed by atoms with E-state index in [-0.39, 0.29) is 5.97 Å². The Bertz CT molecular complexity index is 386. The molecule has 0 aliphatic rings. The predicted molar refractivity (Wildman–Crippen MR) is 69.8 cm³/mol. The molecule has 17 heavy (non-hydrogen) atoms. The largest absolute Gasteiger partial charge is 0.462 e. The van der Waals surface area contributed by atoms with Gasteiger partial charge in [-0.05, 0) is 31.0 Å². The van der Waals surface area contributed by atoms with Gasteiger partial charge < -0.3 is 10.1 Å². The lowest BCUT2D eigenvalue weighted by Gasteiger charge is -2.02. The number of esters is 1. The Morgan fingerprint density at radius 2 is 2.29 bits per heavy atom. The Morgan fingerprint density at radius 1 is 1.47 bits per heavy atom. The van der Waals surface area contributed by atoms with Gasteiger partial charge in [0.25, 0.3) is 0 Å². The van der Waals surface area contributed by atoms with E-state index >= 15 is 0 Å². The van der Waals surface area contributed by atoms with Crippen molar-refractivity contribution in [2.24, 2.45) is 0 Å². The minimum atomic E-state index is -0.307. The fraction of sp³-hybridized carbons (Fsp3) is 0.357. The van der Waals surface area contributed by atoms with E-state index in [9.17, 15) is 4.79 Å². The van der Waals surface area contributed by atoms with Crippen LogP contribution in [0.2, 0.25) is 0 Å². The zero-order chi connectivity index (χ0) is 12.5. The van der Waals surface area contributed by atoms with E-state index in [1.54, 1.807) is 6.20 Å². The van der Waals surface area contributed by atoms with Crippen LogP contribution in [0, 0.1) is 6.92 Å². The normalized spacial score (nSPS) is 10.5. The summed E-state index contributed by atoms with van der Waals surface area (Å²) in [7, 11) is 0. The van der Waals surface area contributed by atoms with Crippen LogP contribution in [0.5, 0.6) is 0 Å². The van der Waals surface area contributed by atoms with Crippen molar-refractivity contribution in [1.29, 1.82) is 0 Å². The summed E-state index contributed by atoms with van der Waals surface area (Å²) in [6, 6.07) is 7.94. The van der Waals surface area contributed by atoms with Gasteiger partial charge >= 0.3 is 5.97 Å². The quantitative estimate of drug-likeness (QED) is 0.465. The number of carbonyl (C=O) groups is 1. The maximum atomic E-state index is 11.2.